The fraction of sp³-hybridized carbons (Fsp3) is 0.286. The van der Waals surface area contributed by atoms with Crippen molar-refractivity contribution < 1.29 is 14.3 Å². The number of allylic oxidation sites excluding steroid dienone is 1. The van der Waals surface area contributed by atoms with Crippen molar-refractivity contribution in [3.8, 4) is 11.8 Å². The van der Waals surface area contributed by atoms with E-state index in [4.69, 9.17) is 14.7 Å². The van der Waals surface area contributed by atoms with E-state index in [-0.39, 0.29) is 18.6 Å². The molecule has 1 aromatic carbocycles. The number of rotatable bonds is 5. The number of nitrogens with one attached hydrogen (secondary N) is 2. The number of methoxy groups -OCH3 is 1. The summed E-state index contributed by atoms with van der Waals surface area (Å²) in [6.45, 7) is 3.64. The van der Waals surface area contributed by atoms with Crippen LogP contribution in [0.4, 0.5) is 5.69 Å². The van der Waals surface area contributed by atoms with E-state index >= 15 is 0 Å². The highest BCUT2D eigenvalue weighted by Crippen LogP contribution is 2.44. The van der Waals surface area contributed by atoms with E-state index in [0.717, 1.165) is 5.56 Å². The summed E-state index contributed by atoms with van der Waals surface area (Å²) in [5.74, 6) is -0.662. The van der Waals surface area contributed by atoms with Crippen LogP contribution in [0.1, 0.15) is 36.0 Å². The number of hydrogen-bond donors (Lipinski definition) is 2. The number of carbonyl (C=O) groups excluding carboxylic acids is 1. The van der Waals surface area contributed by atoms with Crippen LogP contribution in [0.15, 0.2) is 46.5 Å². The van der Waals surface area contributed by atoms with Gasteiger partial charge in [0.05, 0.1) is 42.3 Å². The van der Waals surface area contributed by atoms with Crippen molar-refractivity contribution in [2.45, 2.75) is 26.2 Å². The Bertz CT molecular complexity index is 1050. The highest BCUT2D eigenvalue weighted by molar-refractivity contribution is 5.95. The molecule has 0 saturated carbocycles. The van der Waals surface area contributed by atoms with Crippen LogP contribution >= 0.6 is 0 Å². The van der Waals surface area contributed by atoms with Crippen LogP contribution in [0, 0.1) is 18.3 Å². The van der Waals surface area contributed by atoms with Crippen molar-refractivity contribution in [3.63, 3.8) is 0 Å². The van der Waals surface area contributed by atoms with E-state index in [1.165, 1.54) is 0 Å². The molecule has 28 heavy (non-hydrogen) atoms. The molecule has 7 heteroatoms. The minimum atomic E-state index is -0.661. The molecule has 1 aliphatic rings. The number of hydrogen-bond acceptors (Lipinski definition) is 6. The van der Waals surface area contributed by atoms with Gasteiger partial charge in [0.1, 0.15) is 12.4 Å². The van der Waals surface area contributed by atoms with Gasteiger partial charge in [-0.2, -0.15) is 5.26 Å². The molecule has 3 rings (SSSR count). The number of fused-ring (bicyclic) bond motifs is 1. The number of ether oxygens (including phenoxy) is 2. The van der Waals surface area contributed by atoms with Crippen molar-refractivity contribution in [1.82, 2.24) is 4.98 Å². The first-order valence-electron chi connectivity index (χ1n) is 8.86. The number of pyridine rings is 1. The van der Waals surface area contributed by atoms with Gasteiger partial charge >= 0.3 is 5.97 Å². The third-order valence-corrected chi connectivity index (χ3v) is 4.74. The van der Waals surface area contributed by atoms with Gasteiger partial charge in [-0.05, 0) is 25.5 Å². The average Bonchev–Trinajstić information content (AvgIpc) is 2.70. The van der Waals surface area contributed by atoms with Gasteiger partial charge < -0.3 is 19.8 Å². The molecule has 1 unspecified atom stereocenters. The predicted molar refractivity (Wildman–Crippen MR) is 104 cm³/mol. The SMILES string of the molecule is COc1ccccc1C1C(C(=O)OCCC#N)=C(C)Nc2c(C)c[nH]c(=O)c21. The molecule has 2 aromatic rings. The number of carbonyl (C=O) groups is 1. The molecule has 7 nitrogen and oxygen atoms in total. The van der Waals surface area contributed by atoms with Gasteiger partial charge in [0.2, 0.25) is 0 Å². The second kappa shape index (κ2) is 8.01. The Balaban J connectivity index is 2.23. The van der Waals surface area contributed by atoms with Crippen molar-refractivity contribution in [1.29, 1.82) is 5.26 Å². The highest BCUT2D eigenvalue weighted by Gasteiger charge is 2.37. The Labute approximate surface area is 162 Å². The molecule has 1 aliphatic heterocycles. The first-order valence-corrected chi connectivity index (χ1v) is 8.86. The van der Waals surface area contributed by atoms with Crippen LogP contribution in [-0.4, -0.2) is 24.7 Å². The summed E-state index contributed by atoms with van der Waals surface area (Å²) < 4.78 is 10.8. The fourth-order valence-corrected chi connectivity index (χ4v) is 3.46. The van der Waals surface area contributed by atoms with E-state index in [0.29, 0.717) is 33.8 Å². The second-order valence-corrected chi connectivity index (χ2v) is 6.47. The summed E-state index contributed by atoms with van der Waals surface area (Å²) in [4.78, 5) is 28.4. The molecule has 0 fully saturated rings. The van der Waals surface area contributed by atoms with E-state index in [9.17, 15) is 9.59 Å². The number of aromatic nitrogens is 1. The minimum Gasteiger partial charge on any atom is -0.496 e. The van der Waals surface area contributed by atoms with Crippen LogP contribution < -0.4 is 15.6 Å². The van der Waals surface area contributed by atoms with Gasteiger partial charge in [0.25, 0.3) is 5.56 Å². The number of anilines is 1. The van der Waals surface area contributed by atoms with Gasteiger partial charge in [-0.1, -0.05) is 18.2 Å². The van der Waals surface area contributed by atoms with Crippen molar-refractivity contribution in [3.05, 3.63) is 68.8 Å². The number of para-hydroxylation sites is 1. The van der Waals surface area contributed by atoms with E-state index < -0.39 is 11.9 Å². The summed E-state index contributed by atoms with van der Waals surface area (Å²) in [5, 5.41) is 11.9. The zero-order valence-corrected chi connectivity index (χ0v) is 16.0. The molecule has 0 radical (unpaired) electrons. The molecule has 1 aromatic heterocycles. The van der Waals surface area contributed by atoms with Gasteiger partial charge in [-0.3, -0.25) is 4.79 Å². The Hall–Kier alpha value is -3.53. The van der Waals surface area contributed by atoms with Crippen LogP contribution in [0.2, 0.25) is 0 Å². The largest absolute Gasteiger partial charge is 0.496 e. The topological polar surface area (TPSA) is 104 Å². The summed E-state index contributed by atoms with van der Waals surface area (Å²) >= 11 is 0. The molecule has 0 saturated heterocycles. The Morgan fingerprint density at radius 2 is 2.04 bits per heavy atom. The fourth-order valence-electron chi connectivity index (χ4n) is 3.46. The zero-order valence-electron chi connectivity index (χ0n) is 16.0. The van der Waals surface area contributed by atoms with Crippen LogP contribution in [0.5, 0.6) is 5.75 Å². The number of benzene rings is 1. The lowest BCUT2D eigenvalue weighted by Crippen LogP contribution is -2.30. The number of aryl methyl sites for hydroxylation is 1. The van der Waals surface area contributed by atoms with Gasteiger partial charge in [0.15, 0.2) is 0 Å². The molecule has 1 atom stereocenters. The zero-order chi connectivity index (χ0) is 20.3. The lowest BCUT2D eigenvalue weighted by Gasteiger charge is -2.31. The number of aromatic amines is 1. The van der Waals surface area contributed by atoms with E-state index in [1.54, 1.807) is 26.3 Å². The maximum atomic E-state index is 12.9. The summed E-state index contributed by atoms with van der Waals surface area (Å²) in [5.41, 5.74) is 3.28. The average molecular weight is 379 g/mol. The van der Waals surface area contributed by atoms with E-state index in [1.807, 2.05) is 31.2 Å². The molecule has 0 bridgehead atoms. The van der Waals surface area contributed by atoms with Crippen LogP contribution in [0.3, 0.4) is 0 Å². The third kappa shape index (κ3) is 3.37. The normalized spacial score (nSPS) is 15.3. The Kier molecular flexibility index (Phi) is 5.50. The first-order chi connectivity index (χ1) is 13.5. The van der Waals surface area contributed by atoms with Gasteiger partial charge in [-0.15, -0.1) is 0 Å². The third-order valence-electron chi connectivity index (χ3n) is 4.74. The number of nitriles is 1. The standard InChI is InChI=1S/C21H21N3O4/c1-12-11-23-20(25)18-17(14-7-4-5-8-15(14)27-3)16(13(2)24-19(12)18)21(26)28-10-6-9-22/h4-5,7-8,11,17,24H,6,10H2,1-3H3,(H,23,25). The summed E-state index contributed by atoms with van der Waals surface area (Å²) in [6.07, 6.45) is 1.73. The molecular formula is C21H21N3O4. The van der Waals surface area contributed by atoms with Crippen molar-refractivity contribution in [2.75, 3.05) is 19.0 Å². The van der Waals surface area contributed by atoms with Gasteiger partial charge in [0, 0.05) is 17.5 Å². The number of nitrogens with zero attached hydrogens (tertiary/aromatic N) is 1. The summed E-state index contributed by atoms with van der Waals surface area (Å²) in [7, 11) is 1.54. The lowest BCUT2D eigenvalue weighted by molar-refractivity contribution is -0.139. The smallest absolute Gasteiger partial charge is 0.336 e. The van der Waals surface area contributed by atoms with Crippen molar-refractivity contribution in [2.24, 2.45) is 0 Å². The monoisotopic (exact) mass is 379 g/mol. The molecule has 2 heterocycles. The molecule has 0 spiro atoms. The summed E-state index contributed by atoms with van der Waals surface area (Å²) in [6, 6.07) is 9.22. The maximum absolute atomic E-state index is 12.9. The van der Waals surface area contributed by atoms with Crippen molar-refractivity contribution >= 4 is 11.7 Å². The Morgan fingerprint density at radius 1 is 1.29 bits per heavy atom. The first kappa shape index (κ1) is 19.2. The second-order valence-electron chi connectivity index (χ2n) is 6.47. The Morgan fingerprint density at radius 3 is 2.75 bits per heavy atom. The van der Waals surface area contributed by atoms with E-state index in [2.05, 4.69) is 10.3 Å². The van der Waals surface area contributed by atoms with Crippen LogP contribution in [0.25, 0.3) is 0 Å². The quantitative estimate of drug-likeness (QED) is 0.611. The lowest BCUT2D eigenvalue weighted by atomic mass is 9.80. The van der Waals surface area contributed by atoms with Gasteiger partial charge in [-0.25, -0.2) is 4.79 Å². The number of esters is 1. The number of H-pyrrole nitrogens is 1. The predicted octanol–water partition coefficient (Wildman–Crippen LogP) is 2.98. The minimum absolute atomic E-state index is 0.0121. The molecule has 2 N–H and O–H groups in total. The molecule has 144 valence electrons. The van der Waals surface area contributed by atoms with Crippen LogP contribution in [-0.2, 0) is 9.53 Å². The molecular weight excluding hydrogens is 358 g/mol. The molecule has 0 aliphatic carbocycles. The maximum Gasteiger partial charge on any atom is 0.336 e. The molecule has 0 amide bonds. The highest BCUT2D eigenvalue weighted by atomic mass is 16.5.